The van der Waals surface area contributed by atoms with Gasteiger partial charge in [-0.1, -0.05) is 35.3 Å². The van der Waals surface area contributed by atoms with Gasteiger partial charge in [0.25, 0.3) is 0 Å². The molecule has 3 aromatic heterocycles. The Morgan fingerprint density at radius 3 is 2.63 bits per heavy atom. The number of benzene rings is 2. The first-order valence-electron chi connectivity index (χ1n) is 15.1. The quantitative estimate of drug-likeness (QED) is 0.0502. The summed E-state index contributed by atoms with van der Waals surface area (Å²) in [7, 11) is -2.52. The molecular formula is C32H33FN7O6PS2. The van der Waals surface area contributed by atoms with E-state index in [0.717, 1.165) is 21.6 Å². The van der Waals surface area contributed by atoms with Gasteiger partial charge in [0.1, 0.15) is 0 Å². The highest BCUT2D eigenvalue weighted by Crippen LogP contribution is 2.37. The van der Waals surface area contributed by atoms with Gasteiger partial charge >= 0.3 is 13.6 Å². The van der Waals surface area contributed by atoms with Gasteiger partial charge in [0.15, 0.2) is 39.2 Å². The molecule has 2 aromatic carbocycles. The smallest absolute Gasteiger partial charge is 0.355 e. The predicted molar refractivity (Wildman–Crippen MR) is 188 cm³/mol. The fourth-order valence-corrected chi connectivity index (χ4v) is 7.18. The Balaban J connectivity index is 1.32. The molecule has 0 spiro atoms. The molecule has 0 radical (unpaired) electrons. The maximum atomic E-state index is 14.5. The molecule has 0 unspecified atom stereocenters. The van der Waals surface area contributed by atoms with Crippen molar-refractivity contribution in [2.45, 2.75) is 26.2 Å². The van der Waals surface area contributed by atoms with E-state index in [4.69, 9.17) is 4.74 Å². The van der Waals surface area contributed by atoms with E-state index in [9.17, 15) is 28.6 Å². The van der Waals surface area contributed by atoms with Crippen LogP contribution >= 0.6 is 30.3 Å². The van der Waals surface area contributed by atoms with Crippen LogP contribution in [0.4, 0.5) is 26.3 Å². The van der Waals surface area contributed by atoms with Crippen molar-refractivity contribution in [3.63, 3.8) is 0 Å². The number of fused-ring (bicyclic) bond motifs is 1. The number of rotatable bonds is 15. The van der Waals surface area contributed by atoms with E-state index in [1.807, 2.05) is 31.2 Å². The zero-order chi connectivity index (χ0) is 35.0. The lowest BCUT2D eigenvalue weighted by Gasteiger charge is -2.21. The van der Waals surface area contributed by atoms with Gasteiger partial charge < -0.3 is 35.2 Å². The number of aryl methyl sites for hydroxylation is 2. The van der Waals surface area contributed by atoms with Crippen LogP contribution in [0.3, 0.4) is 0 Å². The Labute approximate surface area is 289 Å². The number of thiazole rings is 2. The predicted octanol–water partition coefficient (Wildman–Crippen LogP) is 5.72. The number of carbonyl (C=O) groups is 1. The van der Waals surface area contributed by atoms with Crippen molar-refractivity contribution in [3.05, 3.63) is 76.0 Å². The molecule has 256 valence electrons. The highest BCUT2D eigenvalue weighted by molar-refractivity contribution is 7.51. The summed E-state index contributed by atoms with van der Waals surface area (Å²) < 4.78 is 32.8. The fraction of sp³-hybridized carbons (Fsp3) is 0.281. The van der Waals surface area contributed by atoms with E-state index in [2.05, 4.69) is 42.6 Å². The van der Waals surface area contributed by atoms with Gasteiger partial charge in [0.05, 0.1) is 29.5 Å². The van der Waals surface area contributed by atoms with Gasteiger partial charge in [-0.25, -0.2) is 19.2 Å². The third-order valence-electron chi connectivity index (χ3n) is 6.95. The molecule has 0 atom stereocenters. The van der Waals surface area contributed by atoms with Crippen molar-refractivity contribution >= 4 is 68.4 Å². The lowest BCUT2D eigenvalue weighted by molar-refractivity contribution is 0.0690. The van der Waals surface area contributed by atoms with Gasteiger partial charge in [0, 0.05) is 17.0 Å². The molecule has 0 saturated heterocycles. The molecule has 5 N–H and O–H groups in total. The van der Waals surface area contributed by atoms with Crippen LogP contribution in [0.2, 0.25) is 0 Å². The summed E-state index contributed by atoms with van der Waals surface area (Å²) in [5, 5.41) is 25.7. The van der Waals surface area contributed by atoms with Crippen LogP contribution in [0.1, 0.15) is 39.3 Å². The topological polar surface area (TPSA) is 183 Å². The second-order valence-electron chi connectivity index (χ2n) is 10.7. The second kappa shape index (κ2) is 16.3. The van der Waals surface area contributed by atoms with Crippen LogP contribution in [0.15, 0.2) is 48.5 Å². The number of hydrogen-bond donors (Lipinski definition) is 5. The molecule has 0 aliphatic rings. The van der Waals surface area contributed by atoms with E-state index in [1.54, 1.807) is 24.1 Å². The first-order chi connectivity index (χ1) is 23.5. The van der Waals surface area contributed by atoms with Gasteiger partial charge in [-0.05, 0) is 75.2 Å². The highest BCUT2D eigenvalue weighted by Gasteiger charge is 2.24. The van der Waals surface area contributed by atoms with Crippen molar-refractivity contribution in [1.29, 1.82) is 0 Å². The molecule has 13 nitrogen and oxygen atoms in total. The largest absolute Gasteiger partial charge is 0.491 e. The van der Waals surface area contributed by atoms with Crippen LogP contribution < -0.4 is 20.3 Å². The molecule has 5 rings (SSSR count). The van der Waals surface area contributed by atoms with Crippen LogP contribution in [0, 0.1) is 24.6 Å². The second-order valence-corrected chi connectivity index (χ2v) is 14.6. The van der Waals surface area contributed by atoms with Crippen LogP contribution in [0.5, 0.6) is 5.75 Å². The SMILES string of the molecule is CNCC#Cc1ccc(OCCCc2sc(N(CCCP(=O)(O)O)c3cc(C)c(Nc4nc5ccccc5s4)nn3)nc2C(=O)O)c(F)c1. The molecule has 0 amide bonds. The average Bonchev–Trinajstić information content (AvgIpc) is 3.67. The third kappa shape index (κ3) is 9.79. The number of para-hydroxylation sites is 1. The van der Waals surface area contributed by atoms with E-state index in [1.165, 1.54) is 23.5 Å². The number of aromatic carboxylic acids is 1. The summed E-state index contributed by atoms with van der Waals surface area (Å²) in [5.74, 6) is 4.80. The first-order valence-corrected chi connectivity index (χ1v) is 18.5. The molecule has 0 aliphatic carbocycles. The number of nitrogens with one attached hydrogen (secondary N) is 2. The van der Waals surface area contributed by atoms with Crippen LogP contribution in [0.25, 0.3) is 10.2 Å². The Kier molecular flexibility index (Phi) is 11.9. The van der Waals surface area contributed by atoms with Crippen molar-refractivity contribution in [2.75, 3.05) is 43.1 Å². The van der Waals surface area contributed by atoms with Crippen molar-refractivity contribution in [2.24, 2.45) is 0 Å². The van der Waals surface area contributed by atoms with E-state index >= 15 is 0 Å². The number of aromatic nitrogens is 4. The number of ether oxygens (including phenoxy) is 1. The fourth-order valence-electron chi connectivity index (χ4n) is 4.63. The summed E-state index contributed by atoms with van der Waals surface area (Å²) >= 11 is 2.59. The Bertz CT molecular complexity index is 2030. The number of anilines is 4. The lowest BCUT2D eigenvalue weighted by Crippen LogP contribution is -2.21. The highest BCUT2D eigenvalue weighted by atomic mass is 32.1. The number of carboxylic acids is 1. The van der Waals surface area contributed by atoms with Gasteiger partial charge in [-0.3, -0.25) is 4.57 Å². The molecule has 49 heavy (non-hydrogen) atoms. The average molecular weight is 726 g/mol. The normalized spacial score (nSPS) is 11.3. The number of carboxylic acid groups (broad SMARTS) is 1. The number of hydrogen-bond acceptors (Lipinski definition) is 12. The first kappa shape index (κ1) is 35.8. The Morgan fingerprint density at radius 2 is 1.92 bits per heavy atom. The zero-order valence-corrected chi connectivity index (χ0v) is 29.0. The molecule has 17 heteroatoms. The summed E-state index contributed by atoms with van der Waals surface area (Å²) in [6.45, 7) is 2.51. The van der Waals surface area contributed by atoms with Crippen molar-refractivity contribution < 1.29 is 33.4 Å². The van der Waals surface area contributed by atoms with E-state index in [0.29, 0.717) is 45.7 Å². The minimum absolute atomic E-state index is 0.0638. The zero-order valence-electron chi connectivity index (χ0n) is 26.5. The van der Waals surface area contributed by atoms with Crippen molar-refractivity contribution in [3.8, 4) is 17.6 Å². The van der Waals surface area contributed by atoms with Gasteiger partial charge in [-0.15, -0.1) is 21.5 Å². The molecule has 0 bridgehead atoms. The molecule has 0 fully saturated rings. The minimum atomic E-state index is -4.29. The van der Waals surface area contributed by atoms with E-state index < -0.39 is 19.4 Å². The van der Waals surface area contributed by atoms with Gasteiger partial charge in [0.2, 0.25) is 0 Å². The molecule has 0 aliphatic heterocycles. The summed E-state index contributed by atoms with van der Waals surface area (Å²) in [5.41, 5.74) is 1.92. The maximum Gasteiger partial charge on any atom is 0.355 e. The number of halogens is 1. The molecule has 3 heterocycles. The third-order valence-corrected chi connectivity index (χ3v) is 9.94. The number of nitrogens with zero attached hydrogens (tertiary/aromatic N) is 5. The summed E-state index contributed by atoms with van der Waals surface area (Å²) in [4.78, 5) is 42.1. The molecule has 0 saturated carbocycles. The Morgan fingerprint density at radius 1 is 1.10 bits per heavy atom. The monoisotopic (exact) mass is 725 g/mol. The standard InChI is InChI=1S/C32H33FN7O6PS2/c1-20-18-27(38-39-29(20)37-31-35-23-9-3-4-10-25(23)48-31)40(15-7-17-47(43,44)45)32-36-28(30(41)42)26(49-32)11-6-16-46-24-13-12-21(19-22(24)33)8-5-14-34-2/h3-4,9-10,12-13,18-19,34H,6-7,11,14-17H2,1-2H3,(H,41,42)(H,35,37,39)(H2,43,44,45). The van der Waals surface area contributed by atoms with Gasteiger partial charge in [-0.2, -0.15) is 0 Å². The molecule has 5 aromatic rings. The summed E-state index contributed by atoms with van der Waals surface area (Å²) in [6.07, 6.45) is 0.344. The minimum Gasteiger partial charge on any atom is -0.491 e. The summed E-state index contributed by atoms with van der Waals surface area (Å²) in [6, 6.07) is 13.9. The van der Waals surface area contributed by atoms with Crippen molar-refractivity contribution in [1.82, 2.24) is 25.5 Å². The Hall–Kier alpha value is -4.49. The lowest BCUT2D eigenvalue weighted by atomic mass is 10.2. The maximum absolute atomic E-state index is 14.5. The molecular weight excluding hydrogens is 693 g/mol. The van der Waals surface area contributed by atoms with Crippen LogP contribution in [-0.4, -0.2) is 73.9 Å². The van der Waals surface area contributed by atoms with E-state index in [-0.39, 0.29) is 48.7 Å². The van der Waals surface area contributed by atoms with Crippen LogP contribution in [-0.2, 0) is 11.0 Å².